The highest BCUT2D eigenvalue weighted by molar-refractivity contribution is 5.77. The fourth-order valence-electron chi connectivity index (χ4n) is 2.87. The van der Waals surface area contributed by atoms with Crippen LogP contribution in [0.3, 0.4) is 0 Å². The number of nitrogens with zero attached hydrogens (tertiary/aromatic N) is 2. The molecule has 0 saturated carbocycles. The zero-order valence-corrected chi connectivity index (χ0v) is 12.3. The topological polar surface area (TPSA) is 49.6 Å². The van der Waals surface area contributed by atoms with Crippen molar-refractivity contribution in [2.75, 3.05) is 26.7 Å². The van der Waals surface area contributed by atoms with Crippen molar-refractivity contribution in [1.29, 1.82) is 0 Å². The Morgan fingerprint density at radius 3 is 2.80 bits per heavy atom. The van der Waals surface area contributed by atoms with E-state index in [0.29, 0.717) is 6.04 Å². The molecule has 4 nitrogen and oxygen atoms in total. The maximum atomic E-state index is 11.6. The van der Waals surface area contributed by atoms with Crippen molar-refractivity contribution in [2.24, 2.45) is 5.73 Å². The third-order valence-corrected chi connectivity index (χ3v) is 4.06. The number of nitrogens with two attached hydrogens (primary N) is 1. The Hall–Kier alpha value is -1.39. The maximum absolute atomic E-state index is 11.6. The van der Waals surface area contributed by atoms with E-state index in [9.17, 15) is 4.79 Å². The fraction of sp³-hybridized carbons (Fsp3) is 0.562. The first-order valence-corrected chi connectivity index (χ1v) is 7.42. The highest BCUT2D eigenvalue weighted by Crippen LogP contribution is 2.20. The summed E-state index contributed by atoms with van der Waals surface area (Å²) in [5.41, 5.74) is 6.77. The van der Waals surface area contributed by atoms with Crippen LogP contribution in [0.1, 0.15) is 24.8 Å². The summed E-state index contributed by atoms with van der Waals surface area (Å²) in [5.74, 6) is 0.0234. The highest BCUT2D eigenvalue weighted by Gasteiger charge is 2.24. The normalized spacial score (nSPS) is 19.8. The predicted molar refractivity (Wildman–Crippen MR) is 81.2 cm³/mol. The standard InChI is InChI=1S/C16H25N3O/c1-18(16(20)11-17)13-15-9-5-6-10-19(15)12-14-7-3-2-4-8-14/h2-4,7-8,15H,5-6,9-13,17H2,1H3. The summed E-state index contributed by atoms with van der Waals surface area (Å²) >= 11 is 0. The number of carbonyl (C=O) groups excluding carboxylic acids is 1. The maximum Gasteiger partial charge on any atom is 0.236 e. The van der Waals surface area contributed by atoms with Crippen molar-refractivity contribution in [3.63, 3.8) is 0 Å². The van der Waals surface area contributed by atoms with Gasteiger partial charge in [0, 0.05) is 26.2 Å². The molecule has 0 aliphatic carbocycles. The van der Waals surface area contributed by atoms with Crippen LogP contribution in [0, 0.1) is 0 Å². The first kappa shape index (κ1) is 15.0. The number of piperidine rings is 1. The van der Waals surface area contributed by atoms with Gasteiger partial charge in [0.05, 0.1) is 6.54 Å². The van der Waals surface area contributed by atoms with Crippen LogP contribution in [-0.2, 0) is 11.3 Å². The van der Waals surface area contributed by atoms with E-state index in [4.69, 9.17) is 5.73 Å². The van der Waals surface area contributed by atoms with Gasteiger partial charge in [-0.2, -0.15) is 0 Å². The Bertz CT molecular complexity index is 421. The van der Waals surface area contributed by atoms with E-state index in [2.05, 4.69) is 29.2 Å². The number of carbonyl (C=O) groups is 1. The van der Waals surface area contributed by atoms with Gasteiger partial charge >= 0.3 is 0 Å². The van der Waals surface area contributed by atoms with Crippen LogP contribution < -0.4 is 5.73 Å². The van der Waals surface area contributed by atoms with Gasteiger partial charge < -0.3 is 10.6 Å². The summed E-state index contributed by atoms with van der Waals surface area (Å²) in [6.45, 7) is 2.96. The molecule has 1 unspecified atom stereocenters. The van der Waals surface area contributed by atoms with Crippen LogP contribution in [0.2, 0.25) is 0 Å². The molecule has 1 atom stereocenters. The Kier molecular flexibility index (Phi) is 5.56. The summed E-state index contributed by atoms with van der Waals surface area (Å²) in [7, 11) is 1.85. The third kappa shape index (κ3) is 4.05. The SMILES string of the molecule is CN(CC1CCCCN1Cc1ccccc1)C(=O)CN. The molecule has 1 saturated heterocycles. The molecule has 2 N–H and O–H groups in total. The van der Waals surface area contributed by atoms with Crippen molar-refractivity contribution in [3.8, 4) is 0 Å². The van der Waals surface area contributed by atoms with E-state index in [1.54, 1.807) is 4.90 Å². The van der Waals surface area contributed by atoms with Crippen molar-refractivity contribution in [1.82, 2.24) is 9.80 Å². The lowest BCUT2D eigenvalue weighted by Crippen LogP contribution is -2.47. The monoisotopic (exact) mass is 275 g/mol. The molecule has 1 aromatic rings. The molecule has 1 aliphatic heterocycles. The van der Waals surface area contributed by atoms with E-state index in [-0.39, 0.29) is 12.5 Å². The quantitative estimate of drug-likeness (QED) is 0.885. The number of rotatable bonds is 5. The van der Waals surface area contributed by atoms with E-state index in [1.807, 2.05) is 13.1 Å². The number of benzene rings is 1. The lowest BCUT2D eigenvalue weighted by Gasteiger charge is -2.37. The van der Waals surface area contributed by atoms with E-state index in [1.165, 1.54) is 18.4 Å². The minimum Gasteiger partial charge on any atom is -0.343 e. The Morgan fingerprint density at radius 1 is 1.35 bits per heavy atom. The van der Waals surface area contributed by atoms with Gasteiger partial charge in [0.25, 0.3) is 0 Å². The zero-order valence-electron chi connectivity index (χ0n) is 12.3. The Morgan fingerprint density at radius 2 is 2.10 bits per heavy atom. The van der Waals surface area contributed by atoms with Gasteiger partial charge in [-0.25, -0.2) is 0 Å². The molecule has 1 aromatic carbocycles. The Balaban J connectivity index is 1.96. The highest BCUT2D eigenvalue weighted by atomic mass is 16.2. The molecule has 1 amide bonds. The second kappa shape index (κ2) is 7.41. The van der Waals surface area contributed by atoms with Crippen LogP contribution in [0.5, 0.6) is 0 Å². The number of hydrogen-bond donors (Lipinski definition) is 1. The molecular weight excluding hydrogens is 250 g/mol. The average molecular weight is 275 g/mol. The second-order valence-electron chi connectivity index (χ2n) is 5.58. The Labute approximate surface area is 121 Å². The molecule has 20 heavy (non-hydrogen) atoms. The summed E-state index contributed by atoms with van der Waals surface area (Å²) in [6.07, 6.45) is 3.66. The number of likely N-dealkylation sites (N-methyl/N-ethyl adjacent to an activating group) is 1. The van der Waals surface area contributed by atoms with E-state index >= 15 is 0 Å². The van der Waals surface area contributed by atoms with Crippen molar-refractivity contribution in [3.05, 3.63) is 35.9 Å². The van der Waals surface area contributed by atoms with E-state index in [0.717, 1.165) is 26.1 Å². The van der Waals surface area contributed by atoms with Crippen LogP contribution in [0.4, 0.5) is 0 Å². The summed E-state index contributed by atoms with van der Waals surface area (Å²) < 4.78 is 0. The minimum atomic E-state index is 0.0234. The van der Waals surface area contributed by atoms with Crippen LogP contribution >= 0.6 is 0 Å². The summed E-state index contributed by atoms with van der Waals surface area (Å²) in [4.78, 5) is 15.9. The van der Waals surface area contributed by atoms with Gasteiger partial charge in [0.2, 0.25) is 5.91 Å². The predicted octanol–water partition coefficient (Wildman–Crippen LogP) is 1.46. The minimum absolute atomic E-state index is 0.0234. The van der Waals surface area contributed by atoms with Gasteiger partial charge in [-0.05, 0) is 24.9 Å². The van der Waals surface area contributed by atoms with Crippen LogP contribution in [0.25, 0.3) is 0 Å². The average Bonchev–Trinajstić information content (AvgIpc) is 2.49. The number of hydrogen-bond acceptors (Lipinski definition) is 3. The van der Waals surface area contributed by atoms with Crippen LogP contribution in [-0.4, -0.2) is 48.4 Å². The van der Waals surface area contributed by atoms with Gasteiger partial charge in [-0.3, -0.25) is 9.69 Å². The van der Waals surface area contributed by atoms with Crippen molar-refractivity contribution in [2.45, 2.75) is 31.8 Å². The molecule has 0 spiro atoms. The molecule has 4 heteroatoms. The van der Waals surface area contributed by atoms with Gasteiger partial charge in [-0.15, -0.1) is 0 Å². The largest absolute Gasteiger partial charge is 0.343 e. The lowest BCUT2D eigenvalue weighted by molar-refractivity contribution is -0.129. The molecule has 2 rings (SSSR count). The van der Waals surface area contributed by atoms with Gasteiger partial charge in [-0.1, -0.05) is 36.8 Å². The van der Waals surface area contributed by atoms with Gasteiger partial charge in [0.1, 0.15) is 0 Å². The number of amides is 1. The molecule has 0 radical (unpaired) electrons. The van der Waals surface area contributed by atoms with Crippen molar-refractivity contribution < 1.29 is 4.79 Å². The fourth-order valence-corrected chi connectivity index (χ4v) is 2.87. The molecule has 1 heterocycles. The third-order valence-electron chi connectivity index (χ3n) is 4.06. The summed E-state index contributed by atoms with van der Waals surface area (Å²) in [6, 6.07) is 11.0. The van der Waals surface area contributed by atoms with Crippen molar-refractivity contribution >= 4 is 5.91 Å². The molecule has 0 aromatic heterocycles. The molecule has 1 aliphatic rings. The smallest absolute Gasteiger partial charge is 0.236 e. The molecular formula is C16H25N3O. The lowest BCUT2D eigenvalue weighted by atomic mass is 10.0. The molecule has 0 bridgehead atoms. The first-order chi connectivity index (χ1) is 9.70. The number of likely N-dealkylation sites (tertiary alicyclic amines) is 1. The van der Waals surface area contributed by atoms with E-state index < -0.39 is 0 Å². The first-order valence-electron chi connectivity index (χ1n) is 7.42. The second-order valence-corrected chi connectivity index (χ2v) is 5.58. The molecule has 110 valence electrons. The van der Waals surface area contributed by atoms with Gasteiger partial charge in [0.15, 0.2) is 0 Å². The summed E-state index contributed by atoms with van der Waals surface area (Å²) in [5, 5.41) is 0. The molecule has 1 fully saturated rings. The van der Waals surface area contributed by atoms with Crippen LogP contribution in [0.15, 0.2) is 30.3 Å². The zero-order chi connectivity index (χ0) is 14.4.